The highest BCUT2D eigenvalue weighted by atomic mass is 19.1. The second-order valence-electron chi connectivity index (χ2n) is 6.23. The molecular weight excluding hydrogens is 295 g/mol. The monoisotopic (exact) mass is 312 g/mol. The van der Waals surface area contributed by atoms with Crippen molar-refractivity contribution in [1.29, 1.82) is 0 Å². The van der Waals surface area contributed by atoms with Crippen molar-refractivity contribution < 1.29 is 9.18 Å². The Morgan fingerprint density at radius 3 is 2.78 bits per heavy atom. The van der Waals surface area contributed by atoms with Crippen LogP contribution in [0.25, 0.3) is 22.2 Å². The van der Waals surface area contributed by atoms with Crippen LogP contribution in [0.2, 0.25) is 0 Å². The van der Waals surface area contributed by atoms with Gasteiger partial charge in [-0.05, 0) is 18.9 Å². The standard InChI is InChI=1S/C17H17FN4O/c1-22-10-11(7-21-22)15-9-20-16-14(15)6-12(8-19-16)17(18)4-2-13(23)3-5-17/h6-10H,2-5H2,1H3,(H,19,20). The van der Waals surface area contributed by atoms with Gasteiger partial charge in [-0.15, -0.1) is 0 Å². The van der Waals surface area contributed by atoms with Crippen molar-refractivity contribution in [3.8, 4) is 11.1 Å². The highest BCUT2D eigenvalue weighted by molar-refractivity contribution is 5.93. The van der Waals surface area contributed by atoms with Gasteiger partial charge < -0.3 is 4.98 Å². The Kier molecular flexibility index (Phi) is 3.07. The Bertz CT molecular complexity index is 885. The van der Waals surface area contributed by atoms with E-state index in [9.17, 15) is 4.79 Å². The maximum Gasteiger partial charge on any atom is 0.138 e. The number of aromatic amines is 1. The van der Waals surface area contributed by atoms with Gasteiger partial charge >= 0.3 is 0 Å². The molecule has 3 heterocycles. The molecule has 5 nitrogen and oxygen atoms in total. The summed E-state index contributed by atoms with van der Waals surface area (Å²) in [6, 6.07) is 1.86. The molecule has 118 valence electrons. The van der Waals surface area contributed by atoms with Crippen molar-refractivity contribution in [2.45, 2.75) is 31.4 Å². The van der Waals surface area contributed by atoms with Gasteiger partial charge in [-0.1, -0.05) is 0 Å². The molecule has 0 spiro atoms. The molecule has 0 radical (unpaired) electrons. The van der Waals surface area contributed by atoms with Crippen LogP contribution in [-0.4, -0.2) is 25.5 Å². The summed E-state index contributed by atoms with van der Waals surface area (Å²) in [6.45, 7) is 0. The number of halogens is 1. The molecule has 1 aliphatic carbocycles. The molecule has 0 saturated heterocycles. The van der Waals surface area contributed by atoms with Gasteiger partial charge in [0.15, 0.2) is 0 Å². The Morgan fingerprint density at radius 2 is 2.09 bits per heavy atom. The number of Topliss-reactive ketones (excluding diaryl/α,β-unsaturated/α-hetero) is 1. The lowest BCUT2D eigenvalue weighted by Gasteiger charge is -2.29. The zero-order valence-corrected chi connectivity index (χ0v) is 12.8. The molecule has 1 N–H and O–H groups in total. The maximum atomic E-state index is 15.2. The molecule has 1 aliphatic rings. The number of H-pyrrole nitrogens is 1. The number of pyridine rings is 1. The zero-order valence-electron chi connectivity index (χ0n) is 12.8. The summed E-state index contributed by atoms with van der Waals surface area (Å²) in [5, 5.41) is 5.06. The summed E-state index contributed by atoms with van der Waals surface area (Å²) in [7, 11) is 1.86. The molecule has 3 aromatic heterocycles. The van der Waals surface area contributed by atoms with Gasteiger partial charge in [0, 0.05) is 60.6 Å². The third-order valence-electron chi connectivity index (χ3n) is 4.66. The molecule has 3 aromatic rings. The maximum absolute atomic E-state index is 15.2. The van der Waals surface area contributed by atoms with E-state index < -0.39 is 5.67 Å². The first kappa shape index (κ1) is 14.1. The normalized spacial score (nSPS) is 17.7. The van der Waals surface area contributed by atoms with Crippen LogP contribution in [0.15, 0.2) is 30.9 Å². The van der Waals surface area contributed by atoms with Crippen molar-refractivity contribution in [3.05, 3.63) is 36.4 Å². The summed E-state index contributed by atoms with van der Waals surface area (Å²) in [6.07, 6.45) is 8.24. The summed E-state index contributed by atoms with van der Waals surface area (Å²) < 4.78 is 17.0. The third-order valence-corrected chi connectivity index (χ3v) is 4.66. The van der Waals surface area contributed by atoms with Crippen LogP contribution in [0.5, 0.6) is 0 Å². The fourth-order valence-electron chi connectivity index (χ4n) is 3.26. The Hall–Kier alpha value is -2.50. The van der Waals surface area contributed by atoms with Gasteiger partial charge in [0.1, 0.15) is 17.1 Å². The van der Waals surface area contributed by atoms with Crippen LogP contribution in [0, 0.1) is 0 Å². The molecule has 6 heteroatoms. The first-order valence-corrected chi connectivity index (χ1v) is 7.72. The van der Waals surface area contributed by atoms with Crippen LogP contribution in [0.3, 0.4) is 0 Å². The summed E-state index contributed by atoms with van der Waals surface area (Å²) in [4.78, 5) is 18.9. The number of aryl methyl sites for hydroxylation is 1. The second kappa shape index (κ2) is 5.01. The number of carbonyl (C=O) groups is 1. The Balaban J connectivity index is 1.79. The van der Waals surface area contributed by atoms with Gasteiger partial charge in [0.05, 0.1) is 6.20 Å². The number of rotatable bonds is 2. The van der Waals surface area contributed by atoms with Gasteiger partial charge in [-0.2, -0.15) is 5.10 Å². The van der Waals surface area contributed by atoms with E-state index in [0.717, 1.165) is 22.2 Å². The number of nitrogens with one attached hydrogen (secondary N) is 1. The van der Waals surface area contributed by atoms with Gasteiger partial charge in [-0.3, -0.25) is 9.48 Å². The first-order chi connectivity index (χ1) is 11.0. The lowest BCUT2D eigenvalue weighted by molar-refractivity contribution is -0.123. The third kappa shape index (κ3) is 2.34. The SMILES string of the molecule is Cn1cc(-c2c[nH]c3ncc(C4(F)CCC(=O)CC4)cc23)cn1. The fraction of sp³-hybridized carbons (Fsp3) is 0.353. The van der Waals surface area contributed by atoms with Gasteiger partial charge in [0.2, 0.25) is 0 Å². The van der Waals surface area contributed by atoms with E-state index in [1.165, 1.54) is 0 Å². The molecule has 23 heavy (non-hydrogen) atoms. The van der Waals surface area contributed by atoms with E-state index in [1.807, 2.05) is 25.5 Å². The van der Waals surface area contributed by atoms with Crippen LogP contribution in [0.4, 0.5) is 4.39 Å². The van der Waals surface area contributed by atoms with E-state index in [1.54, 1.807) is 17.1 Å². The predicted molar refractivity (Wildman–Crippen MR) is 84.6 cm³/mol. The summed E-state index contributed by atoms with van der Waals surface area (Å²) >= 11 is 0. The van der Waals surface area contributed by atoms with Crippen molar-refractivity contribution >= 4 is 16.8 Å². The van der Waals surface area contributed by atoms with Crippen LogP contribution in [0.1, 0.15) is 31.2 Å². The minimum absolute atomic E-state index is 0.144. The predicted octanol–water partition coefficient (Wildman–Crippen LogP) is 3.27. The highest BCUT2D eigenvalue weighted by Crippen LogP contribution is 2.41. The van der Waals surface area contributed by atoms with E-state index in [2.05, 4.69) is 15.1 Å². The van der Waals surface area contributed by atoms with Crippen molar-refractivity contribution in [2.24, 2.45) is 7.05 Å². The molecule has 4 rings (SSSR count). The molecule has 0 bridgehead atoms. The zero-order chi connectivity index (χ0) is 16.0. The van der Waals surface area contributed by atoms with Gasteiger partial charge in [0.25, 0.3) is 0 Å². The lowest BCUT2D eigenvalue weighted by Crippen LogP contribution is -2.27. The number of carbonyl (C=O) groups excluding carboxylic acids is 1. The first-order valence-electron chi connectivity index (χ1n) is 7.72. The van der Waals surface area contributed by atoms with Crippen molar-refractivity contribution in [1.82, 2.24) is 19.7 Å². The largest absolute Gasteiger partial charge is 0.346 e. The van der Waals surface area contributed by atoms with E-state index in [-0.39, 0.29) is 18.6 Å². The molecule has 0 aromatic carbocycles. The average molecular weight is 312 g/mol. The minimum Gasteiger partial charge on any atom is -0.346 e. The number of fused-ring (bicyclic) bond motifs is 1. The molecule has 0 atom stereocenters. The fourth-order valence-corrected chi connectivity index (χ4v) is 3.26. The summed E-state index contributed by atoms with van der Waals surface area (Å²) in [5.41, 5.74) is 1.74. The number of ketones is 1. The number of alkyl halides is 1. The van der Waals surface area contributed by atoms with Crippen LogP contribution < -0.4 is 0 Å². The topological polar surface area (TPSA) is 63.6 Å². The lowest BCUT2D eigenvalue weighted by atomic mass is 9.81. The van der Waals surface area contributed by atoms with E-state index in [4.69, 9.17) is 0 Å². The number of hydrogen-bond acceptors (Lipinski definition) is 3. The quantitative estimate of drug-likeness (QED) is 0.790. The summed E-state index contributed by atoms with van der Waals surface area (Å²) in [5.74, 6) is 0.144. The van der Waals surface area contributed by atoms with Gasteiger partial charge in [-0.25, -0.2) is 9.37 Å². The number of nitrogens with zero attached hydrogens (tertiary/aromatic N) is 3. The van der Waals surface area contributed by atoms with Crippen molar-refractivity contribution in [2.75, 3.05) is 0 Å². The molecular formula is C17H17FN4O. The molecule has 0 amide bonds. The number of aromatic nitrogens is 4. The molecule has 1 fully saturated rings. The van der Waals surface area contributed by atoms with E-state index >= 15 is 4.39 Å². The van der Waals surface area contributed by atoms with E-state index in [0.29, 0.717) is 18.4 Å². The molecule has 0 unspecified atom stereocenters. The number of hydrogen-bond donors (Lipinski definition) is 1. The average Bonchev–Trinajstić information content (AvgIpc) is 3.15. The Labute approximate surface area is 132 Å². The molecule has 1 saturated carbocycles. The Morgan fingerprint density at radius 1 is 1.30 bits per heavy atom. The highest BCUT2D eigenvalue weighted by Gasteiger charge is 2.37. The van der Waals surface area contributed by atoms with Crippen LogP contribution >= 0.6 is 0 Å². The molecule has 0 aliphatic heterocycles. The van der Waals surface area contributed by atoms with Crippen LogP contribution in [-0.2, 0) is 17.5 Å². The smallest absolute Gasteiger partial charge is 0.138 e. The minimum atomic E-state index is -1.46. The second-order valence-corrected chi connectivity index (χ2v) is 6.23. The van der Waals surface area contributed by atoms with Crippen molar-refractivity contribution in [3.63, 3.8) is 0 Å².